The third-order valence-corrected chi connectivity index (χ3v) is 4.44. The van der Waals surface area contributed by atoms with Gasteiger partial charge in [-0.3, -0.25) is 4.90 Å². The fourth-order valence-electron chi connectivity index (χ4n) is 3.51. The molecule has 2 aliphatic rings. The molecule has 1 N–H and O–H groups in total. The smallest absolute Gasteiger partial charge is 0.127 e. The largest absolute Gasteiger partial charge is 0.306 e. The van der Waals surface area contributed by atoms with Gasteiger partial charge in [0.2, 0.25) is 0 Å². The van der Waals surface area contributed by atoms with E-state index in [1.165, 1.54) is 32.4 Å². The molecule has 3 rings (SSSR count). The number of halogens is 1. The van der Waals surface area contributed by atoms with E-state index in [1.54, 1.807) is 12.1 Å². The van der Waals surface area contributed by atoms with Crippen molar-refractivity contribution in [3.05, 3.63) is 35.6 Å². The summed E-state index contributed by atoms with van der Waals surface area (Å²) >= 11 is 0. The Labute approximate surface area is 108 Å². The van der Waals surface area contributed by atoms with Crippen molar-refractivity contribution in [3.8, 4) is 0 Å². The molecule has 2 unspecified atom stereocenters. The van der Waals surface area contributed by atoms with Gasteiger partial charge in [0, 0.05) is 30.2 Å². The number of hydrogen-bond acceptors (Lipinski definition) is 2. The van der Waals surface area contributed by atoms with Crippen molar-refractivity contribution >= 4 is 0 Å². The molecule has 1 aromatic rings. The van der Waals surface area contributed by atoms with Crippen LogP contribution in [-0.2, 0) is 0 Å². The van der Waals surface area contributed by atoms with Crippen LogP contribution in [0.15, 0.2) is 24.3 Å². The fourth-order valence-corrected chi connectivity index (χ4v) is 3.51. The van der Waals surface area contributed by atoms with Crippen molar-refractivity contribution in [2.45, 2.75) is 44.3 Å². The quantitative estimate of drug-likeness (QED) is 0.885. The van der Waals surface area contributed by atoms with Crippen LogP contribution in [0.4, 0.5) is 4.39 Å². The van der Waals surface area contributed by atoms with Crippen LogP contribution >= 0.6 is 0 Å². The maximum absolute atomic E-state index is 13.7. The number of benzene rings is 1. The maximum Gasteiger partial charge on any atom is 0.127 e. The molecule has 0 saturated carbocycles. The van der Waals surface area contributed by atoms with E-state index in [2.05, 4.69) is 17.1 Å². The second-order valence-corrected chi connectivity index (χ2v) is 5.55. The van der Waals surface area contributed by atoms with Crippen LogP contribution in [0.2, 0.25) is 0 Å². The molecule has 3 atom stereocenters. The highest BCUT2D eigenvalue weighted by molar-refractivity contribution is 5.21. The van der Waals surface area contributed by atoms with Gasteiger partial charge in [-0.2, -0.15) is 0 Å². The normalized spacial score (nSPS) is 29.4. The van der Waals surface area contributed by atoms with Gasteiger partial charge in [-0.05, 0) is 38.8 Å². The highest BCUT2D eigenvalue weighted by Gasteiger charge is 2.37. The molecule has 2 fully saturated rings. The lowest BCUT2D eigenvalue weighted by Gasteiger charge is -2.25. The van der Waals surface area contributed by atoms with E-state index < -0.39 is 0 Å². The van der Waals surface area contributed by atoms with Crippen LogP contribution in [0, 0.1) is 5.82 Å². The minimum absolute atomic E-state index is 0.0942. The topological polar surface area (TPSA) is 15.3 Å². The van der Waals surface area contributed by atoms with Crippen molar-refractivity contribution in [1.29, 1.82) is 0 Å². The molecule has 2 heterocycles. The van der Waals surface area contributed by atoms with Crippen molar-refractivity contribution in [2.24, 2.45) is 0 Å². The summed E-state index contributed by atoms with van der Waals surface area (Å²) in [6.45, 7) is 4.51. The highest BCUT2D eigenvalue weighted by atomic mass is 19.1. The summed E-state index contributed by atoms with van der Waals surface area (Å²) in [5.74, 6) is -0.0984. The lowest BCUT2D eigenvalue weighted by atomic mass is 10.0. The summed E-state index contributed by atoms with van der Waals surface area (Å²) in [4.78, 5) is 2.58. The van der Waals surface area contributed by atoms with E-state index in [0.29, 0.717) is 12.1 Å². The first kappa shape index (κ1) is 12.1. The van der Waals surface area contributed by atoms with E-state index in [-0.39, 0.29) is 11.9 Å². The Morgan fingerprint density at radius 2 is 2.11 bits per heavy atom. The predicted molar refractivity (Wildman–Crippen MR) is 71.0 cm³/mol. The summed E-state index contributed by atoms with van der Waals surface area (Å²) < 4.78 is 13.7. The third kappa shape index (κ3) is 2.17. The number of hydrogen-bond donors (Lipinski definition) is 1. The van der Waals surface area contributed by atoms with Gasteiger partial charge in [0.05, 0.1) is 0 Å². The predicted octanol–water partition coefficient (Wildman–Crippen LogP) is 2.71. The van der Waals surface area contributed by atoms with Crippen LogP contribution < -0.4 is 5.32 Å². The summed E-state index contributed by atoms with van der Waals surface area (Å²) in [7, 11) is 0. The van der Waals surface area contributed by atoms with Crippen LogP contribution in [0.3, 0.4) is 0 Å². The van der Waals surface area contributed by atoms with Gasteiger partial charge in [-0.25, -0.2) is 4.39 Å². The van der Waals surface area contributed by atoms with E-state index in [4.69, 9.17) is 0 Å². The molecule has 3 heteroatoms. The minimum atomic E-state index is -0.0984. The summed E-state index contributed by atoms with van der Waals surface area (Å²) in [6, 6.07) is 8.39. The van der Waals surface area contributed by atoms with Crippen molar-refractivity contribution in [3.63, 3.8) is 0 Å². The van der Waals surface area contributed by atoms with Gasteiger partial charge in [-0.15, -0.1) is 0 Å². The molecular weight excluding hydrogens is 227 g/mol. The monoisotopic (exact) mass is 248 g/mol. The molecular formula is C15H21FN2. The molecule has 0 spiro atoms. The zero-order chi connectivity index (χ0) is 12.5. The lowest BCUT2D eigenvalue weighted by molar-refractivity contribution is 0.290. The summed E-state index contributed by atoms with van der Waals surface area (Å²) in [5.41, 5.74) is 0.786. The summed E-state index contributed by atoms with van der Waals surface area (Å²) in [5, 5.41) is 3.63. The van der Waals surface area contributed by atoms with E-state index in [1.807, 2.05) is 12.1 Å². The lowest BCUT2D eigenvalue weighted by Crippen LogP contribution is -2.40. The Hall–Kier alpha value is -0.930. The van der Waals surface area contributed by atoms with Crippen molar-refractivity contribution < 1.29 is 4.39 Å². The van der Waals surface area contributed by atoms with Crippen LogP contribution in [0.5, 0.6) is 0 Å². The molecule has 0 radical (unpaired) electrons. The Morgan fingerprint density at radius 3 is 2.94 bits per heavy atom. The van der Waals surface area contributed by atoms with Gasteiger partial charge < -0.3 is 5.32 Å². The highest BCUT2D eigenvalue weighted by Crippen LogP contribution is 2.29. The van der Waals surface area contributed by atoms with Gasteiger partial charge in [-0.1, -0.05) is 18.2 Å². The summed E-state index contributed by atoms with van der Waals surface area (Å²) in [6.07, 6.45) is 3.81. The Kier molecular flexibility index (Phi) is 3.35. The number of rotatable bonds is 3. The number of nitrogens with one attached hydrogen (secondary N) is 1. The SMILES string of the molecule is C[C@@H](NC1CCN2CCCC12)c1ccccc1F. The molecule has 2 aliphatic heterocycles. The van der Waals surface area contributed by atoms with E-state index in [0.717, 1.165) is 5.56 Å². The Bertz CT molecular complexity index is 421. The van der Waals surface area contributed by atoms with Gasteiger partial charge in [0.15, 0.2) is 0 Å². The van der Waals surface area contributed by atoms with Crippen molar-refractivity contribution in [2.75, 3.05) is 13.1 Å². The average molecular weight is 248 g/mol. The van der Waals surface area contributed by atoms with Gasteiger partial charge >= 0.3 is 0 Å². The van der Waals surface area contributed by atoms with E-state index in [9.17, 15) is 4.39 Å². The molecule has 0 aromatic heterocycles. The third-order valence-electron chi connectivity index (χ3n) is 4.44. The molecule has 0 aliphatic carbocycles. The maximum atomic E-state index is 13.7. The van der Waals surface area contributed by atoms with Crippen LogP contribution in [-0.4, -0.2) is 30.1 Å². The average Bonchev–Trinajstić information content (AvgIpc) is 2.94. The first-order chi connectivity index (χ1) is 8.75. The molecule has 0 bridgehead atoms. The zero-order valence-corrected chi connectivity index (χ0v) is 10.9. The standard InChI is InChI=1S/C15H21FN2/c1-11(12-5-2-3-6-13(12)16)17-14-8-10-18-9-4-7-15(14)18/h2-3,5-6,11,14-15,17H,4,7-10H2,1H3/t11-,14?,15?/m1/s1. The van der Waals surface area contributed by atoms with Gasteiger partial charge in [0.25, 0.3) is 0 Å². The second-order valence-electron chi connectivity index (χ2n) is 5.55. The Balaban J connectivity index is 1.68. The minimum Gasteiger partial charge on any atom is -0.306 e. The van der Waals surface area contributed by atoms with Crippen LogP contribution in [0.1, 0.15) is 37.8 Å². The molecule has 0 amide bonds. The molecule has 2 nitrogen and oxygen atoms in total. The zero-order valence-electron chi connectivity index (χ0n) is 10.9. The Morgan fingerprint density at radius 1 is 1.28 bits per heavy atom. The van der Waals surface area contributed by atoms with Crippen molar-refractivity contribution in [1.82, 2.24) is 10.2 Å². The first-order valence-electron chi connectivity index (χ1n) is 7.00. The fraction of sp³-hybridized carbons (Fsp3) is 0.600. The molecule has 98 valence electrons. The molecule has 2 saturated heterocycles. The second kappa shape index (κ2) is 4.98. The first-order valence-corrected chi connectivity index (χ1v) is 7.00. The van der Waals surface area contributed by atoms with Crippen LogP contribution in [0.25, 0.3) is 0 Å². The molecule has 18 heavy (non-hydrogen) atoms. The number of nitrogens with zero attached hydrogens (tertiary/aromatic N) is 1. The number of fused-ring (bicyclic) bond motifs is 1. The molecule has 1 aromatic carbocycles. The van der Waals surface area contributed by atoms with E-state index >= 15 is 0 Å². The van der Waals surface area contributed by atoms with Gasteiger partial charge in [0.1, 0.15) is 5.82 Å².